The van der Waals surface area contributed by atoms with Gasteiger partial charge in [-0.05, 0) is 22.9 Å². The van der Waals surface area contributed by atoms with Crippen molar-refractivity contribution in [3.05, 3.63) is 32.9 Å². The maximum atomic E-state index is 5.60. The monoisotopic (exact) mass is 301 g/mol. The zero-order valence-corrected chi connectivity index (χ0v) is 11.1. The molecule has 0 saturated heterocycles. The summed E-state index contributed by atoms with van der Waals surface area (Å²) >= 11 is 5.03. The SMILES string of the molecule is CCn1ncc(Br)c1C(NN)c1cscn1. The van der Waals surface area contributed by atoms with Crippen molar-refractivity contribution in [3.8, 4) is 0 Å². The smallest absolute Gasteiger partial charge is 0.107 e. The molecule has 1 unspecified atom stereocenters. The largest absolute Gasteiger partial charge is 0.270 e. The Balaban J connectivity index is 2.44. The highest BCUT2D eigenvalue weighted by Gasteiger charge is 2.21. The molecule has 7 heteroatoms. The third-order valence-corrected chi connectivity index (χ3v) is 3.54. The summed E-state index contributed by atoms with van der Waals surface area (Å²) in [6, 6.07) is -0.136. The van der Waals surface area contributed by atoms with Crippen LogP contribution in [0.5, 0.6) is 0 Å². The van der Waals surface area contributed by atoms with Gasteiger partial charge in [0.05, 0.1) is 27.6 Å². The first-order valence-electron chi connectivity index (χ1n) is 4.83. The Morgan fingerprint density at radius 1 is 1.69 bits per heavy atom. The number of aromatic nitrogens is 3. The van der Waals surface area contributed by atoms with E-state index in [1.807, 2.05) is 17.0 Å². The summed E-state index contributed by atoms with van der Waals surface area (Å²) < 4.78 is 2.83. The molecule has 0 aromatic carbocycles. The van der Waals surface area contributed by atoms with Gasteiger partial charge >= 0.3 is 0 Å². The summed E-state index contributed by atoms with van der Waals surface area (Å²) in [5, 5.41) is 6.24. The molecule has 0 spiro atoms. The molecule has 5 nitrogen and oxygen atoms in total. The van der Waals surface area contributed by atoms with Crippen LogP contribution in [0.15, 0.2) is 21.6 Å². The molecule has 0 aliphatic rings. The Kier molecular flexibility index (Phi) is 3.70. The van der Waals surface area contributed by atoms with Crippen molar-refractivity contribution in [2.45, 2.75) is 19.5 Å². The molecule has 0 radical (unpaired) electrons. The van der Waals surface area contributed by atoms with Gasteiger partial charge in [0.25, 0.3) is 0 Å². The van der Waals surface area contributed by atoms with Crippen LogP contribution in [0.4, 0.5) is 0 Å². The lowest BCUT2D eigenvalue weighted by atomic mass is 10.1. The quantitative estimate of drug-likeness (QED) is 0.666. The highest BCUT2D eigenvalue weighted by Crippen LogP contribution is 2.27. The highest BCUT2D eigenvalue weighted by atomic mass is 79.9. The topological polar surface area (TPSA) is 68.8 Å². The lowest BCUT2D eigenvalue weighted by Gasteiger charge is -2.15. The van der Waals surface area contributed by atoms with Crippen molar-refractivity contribution >= 4 is 27.3 Å². The number of hydrogen-bond donors (Lipinski definition) is 2. The molecular weight excluding hydrogens is 290 g/mol. The molecule has 0 aliphatic heterocycles. The number of nitrogens with zero attached hydrogens (tertiary/aromatic N) is 3. The molecule has 16 heavy (non-hydrogen) atoms. The van der Waals surface area contributed by atoms with Gasteiger partial charge < -0.3 is 0 Å². The molecule has 0 fully saturated rings. The normalized spacial score (nSPS) is 12.9. The second kappa shape index (κ2) is 5.05. The first-order valence-corrected chi connectivity index (χ1v) is 6.57. The van der Waals surface area contributed by atoms with E-state index >= 15 is 0 Å². The molecule has 2 aromatic heterocycles. The second-order valence-corrected chi connectivity index (χ2v) is 4.78. The van der Waals surface area contributed by atoms with Crippen molar-refractivity contribution in [2.75, 3.05) is 0 Å². The molecule has 86 valence electrons. The minimum absolute atomic E-state index is 0.136. The first-order chi connectivity index (χ1) is 7.77. The van der Waals surface area contributed by atoms with Crippen LogP contribution in [0.25, 0.3) is 0 Å². The van der Waals surface area contributed by atoms with Gasteiger partial charge in [-0.25, -0.2) is 10.4 Å². The van der Waals surface area contributed by atoms with Crippen molar-refractivity contribution in [3.63, 3.8) is 0 Å². The van der Waals surface area contributed by atoms with Gasteiger partial charge in [-0.15, -0.1) is 11.3 Å². The first kappa shape index (κ1) is 11.7. The minimum Gasteiger partial charge on any atom is -0.270 e. The average Bonchev–Trinajstić information content (AvgIpc) is 2.91. The number of halogens is 1. The Labute approximate surface area is 106 Å². The van der Waals surface area contributed by atoms with E-state index in [0.717, 1.165) is 22.4 Å². The molecule has 2 aromatic rings. The van der Waals surface area contributed by atoms with E-state index < -0.39 is 0 Å². The predicted molar refractivity (Wildman–Crippen MR) is 66.9 cm³/mol. The fourth-order valence-corrected chi connectivity index (χ4v) is 2.68. The van der Waals surface area contributed by atoms with Crippen LogP contribution >= 0.6 is 27.3 Å². The predicted octanol–water partition coefficient (Wildman–Crippen LogP) is 1.67. The fraction of sp³-hybridized carbons (Fsp3) is 0.333. The highest BCUT2D eigenvalue weighted by molar-refractivity contribution is 9.10. The summed E-state index contributed by atoms with van der Waals surface area (Å²) in [5.41, 5.74) is 6.47. The number of hydrogen-bond acceptors (Lipinski definition) is 5. The van der Waals surface area contributed by atoms with Crippen LogP contribution in [0.2, 0.25) is 0 Å². The average molecular weight is 302 g/mol. The van der Waals surface area contributed by atoms with Crippen molar-refractivity contribution in [1.29, 1.82) is 0 Å². The number of rotatable bonds is 4. The third kappa shape index (κ3) is 2.03. The zero-order chi connectivity index (χ0) is 11.5. The maximum absolute atomic E-state index is 5.60. The molecule has 2 rings (SSSR count). The number of thiazole rings is 1. The molecule has 0 aliphatic carbocycles. The molecule has 2 heterocycles. The summed E-state index contributed by atoms with van der Waals surface area (Å²) in [6.45, 7) is 2.83. The van der Waals surface area contributed by atoms with Crippen LogP contribution in [-0.4, -0.2) is 14.8 Å². The van der Waals surface area contributed by atoms with Crippen molar-refractivity contribution < 1.29 is 0 Å². The van der Waals surface area contributed by atoms with E-state index in [9.17, 15) is 0 Å². The van der Waals surface area contributed by atoms with E-state index in [2.05, 4.69) is 31.4 Å². The number of hydrazine groups is 1. The lowest BCUT2D eigenvalue weighted by molar-refractivity contribution is 0.535. The summed E-state index contributed by atoms with van der Waals surface area (Å²) in [5.74, 6) is 5.60. The minimum atomic E-state index is -0.136. The Bertz CT molecular complexity index is 452. The Hall–Kier alpha value is -0.760. The number of nitrogens with two attached hydrogens (primary N) is 1. The van der Waals surface area contributed by atoms with E-state index in [1.54, 1.807) is 23.0 Å². The van der Waals surface area contributed by atoms with Gasteiger partial charge in [-0.1, -0.05) is 0 Å². The molecule has 0 bridgehead atoms. The Morgan fingerprint density at radius 3 is 3.06 bits per heavy atom. The van der Waals surface area contributed by atoms with Crippen LogP contribution < -0.4 is 11.3 Å². The van der Waals surface area contributed by atoms with Crippen molar-refractivity contribution in [2.24, 2.45) is 5.84 Å². The van der Waals surface area contributed by atoms with E-state index in [1.165, 1.54) is 0 Å². The molecule has 0 saturated carbocycles. The second-order valence-electron chi connectivity index (χ2n) is 3.21. The van der Waals surface area contributed by atoms with Crippen LogP contribution in [0.3, 0.4) is 0 Å². The summed E-state index contributed by atoms with van der Waals surface area (Å²) in [6.07, 6.45) is 1.77. The van der Waals surface area contributed by atoms with E-state index in [4.69, 9.17) is 5.84 Å². The molecule has 0 amide bonds. The number of nitrogens with one attached hydrogen (secondary N) is 1. The van der Waals surface area contributed by atoms with E-state index in [-0.39, 0.29) is 6.04 Å². The maximum Gasteiger partial charge on any atom is 0.107 e. The van der Waals surface area contributed by atoms with Crippen LogP contribution in [-0.2, 0) is 6.54 Å². The Morgan fingerprint density at radius 2 is 2.50 bits per heavy atom. The summed E-state index contributed by atoms with van der Waals surface area (Å²) in [7, 11) is 0. The molecule has 1 atom stereocenters. The molecular formula is C9H12BrN5S. The van der Waals surface area contributed by atoms with Crippen LogP contribution in [0, 0.1) is 0 Å². The van der Waals surface area contributed by atoms with Gasteiger partial charge in [0.15, 0.2) is 0 Å². The third-order valence-electron chi connectivity index (χ3n) is 2.32. The lowest BCUT2D eigenvalue weighted by Crippen LogP contribution is -2.31. The van der Waals surface area contributed by atoms with Crippen LogP contribution in [0.1, 0.15) is 24.4 Å². The van der Waals surface area contributed by atoms with Crippen molar-refractivity contribution in [1.82, 2.24) is 20.2 Å². The van der Waals surface area contributed by atoms with Gasteiger partial charge in [-0.2, -0.15) is 5.10 Å². The number of aryl methyl sites for hydroxylation is 1. The van der Waals surface area contributed by atoms with Gasteiger partial charge in [-0.3, -0.25) is 10.5 Å². The fourth-order valence-electron chi connectivity index (χ4n) is 1.58. The van der Waals surface area contributed by atoms with E-state index in [0.29, 0.717) is 0 Å². The molecule has 3 N–H and O–H groups in total. The zero-order valence-electron chi connectivity index (χ0n) is 8.72. The van der Waals surface area contributed by atoms with Gasteiger partial charge in [0, 0.05) is 11.9 Å². The summed E-state index contributed by atoms with van der Waals surface area (Å²) in [4.78, 5) is 4.27. The standard InChI is InChI=1S/C9H12BrN5S/c1-2-15-9(6(10)3-13-15)8(14-11)7-4-16-5-12-7/h3-5,8,14H,2,11H2,1H3. The van der Waals surface area contributed by atoms with Gasteiger partial charge in [0.1, 0.15) is 6.04 Å². The van der Waals surface area contributed by atoms with Gasteiger partial charge in [0.2, 0.25) is 0 Å².